The minimum atomic E-state index is -3.45. The molecule has 0 bridgehead atoms. The summed E-state index contributed by atoms with van der Waals surface area (Å²) in [5.74, 6) is -0.753. The minimum Gasteiger partial charge on any atom is -0.324 e. The third-order valence-corrected chi connectivity index (χ3v) is 6.76. The Morgan fingerprint density at radius 3 is 2.38 bits per heavy atom. The van der Waals surface area contributed by atoms with Crippen molar-refractivity contribution >= 4 is 33.4 Å². The molecule has 1 saturated heterocycles. The highest BCUT2D eigenvalue weighted by atomic mass is 35.5. The highest BCUT2D eigenvalue weighted by Gasteiger charge is 2.31. The average molecular weight is 407 g/mol. The average Bonchev–Trinajstić information content (AvgIpc) is 2.59. The van der Waals surface area contributed by atoms with E-state index in [0.717, 1.165) is 6.07 Å². The van der Waals surface area contributed by atoms with Gasteiger partial charge in [-0.3, -0.25) is 9.69 Å². The molecule has 1 fully saturated rings. The van der Waals surface area contributed by atoms with E-state index in [1.165, 1.54) is 20.7 Å². The Kier molecular flexibility index (Phi) is 7.36. The normalized spacial score (nSPS) is 16.8. The second-order valence-electron chi connectivity index (χ2n) is 5.94. The number of benzene rings is 1. The van der Waals surface area contributed by atoms with Crippen LogP contribution < -0.4 is 5.32 Å². The molecule has 1 aromatic rings. The molecule has 0 unspecified atom stereocenters. The number of piperazine rings is 1. The molecule has 1 aromatic carbocycles. The maximum atomic E-state index is 13.0. The van der Waals surface area contributed by atoms with Crippen molar-refractivity contribution < 1.29 is 17.6 Å². The fourth-order valence-electron chi connectivity index (χ4n) is 2.82. The van der Waals surface area contributed by atoms with Gasteiger partial charge in [-0.1, -0.05) is 25.4 Å². The van der Waals surface area contributed by atoms with Crippen molar-refractivity contribution in [2.75, 3.05) is 51.1 Å². The van der Waals surface area contributed by atoms with Crippen molar-refractivity contribution in [2.24, 2.45) is 0 Å². The van der Waals surface area contributed by atoms with Crippen LogP contribution in [0.5, 0.6) is 0 Å². The van der Waals surface area contributed by atoms with Crippen LogP contribution in [-0.2, 0) is 15.0 Å². The molecule has 10 heteroatoms. The molecule has 1 amide bonds. The molecule has 7 nitrogen and oxygen atoms in total. The van der Waals surface area contributed by atoms with Crippen LogP contribution in [-0.4, -0.2) is 73.6 Å². The quantitative estimate of drug-likeness (QED) is 0.746. The number of amides is 1. The summed E-state index contributed by atoms with van der Waals surface area (Å²) in [4.78, 5) is 14.0. The molecule has 26 heavy (non-hydrogen) atoms. The lowest BCUT2D eigenvalue weighted by molar-refractivity contribution is -0.117. The SMILES string of the molecule is CCN(CC)S(=O)(=O)N1CCN(CC(=O)Nc2ccc(F)cc2Cl)CC1. The maximum absolute atomic E-state index is 13.0. The number of rotatable bonds is 7. The van der Waals surface area contributed by atoms with Gasteiger partial charge < -0.3 is 5.32 Å². The second-order valence-corrected chi connectivity index (χ2v) is 8.28. The molecule has 0 spiro atoms. The molecular formula is C16H24ClFN4O3S. The second kappa shape index (κ2) is 9.09. The van der Waals surface area contributed by atoms with Gasteiger partial charge in [0.15, 0.2) is 0 Å². The molecule has 1 heterocycles. The lowest BCUT2D eigenvalue weighted by atomic mass is 10.3. The van der Waals surface area contributed by atoms with Crippen LogP contribution in [0.2, 0.25) is 5.02 Å². The van der Waals surface area contributed by atoms with Crippen molar-refractivity contribution in [1.29, 1.82) is 0 Å². The van der Waals surface area contributed by atoms with Crippen LogP contribution in [0.15, 0.2) is 18.2 Å². The van der Waals surface area contributed by atoms with Crippen molar-refractivity contribution in [3.8, 4) is 0 Å². The number of halogens is 2. The van der Waals surface area contributed by atoms with E-state index in [1.807, 2.05) is 18.7 Å². The van der Waals surface area contributed by atoms with Crippen LogP contribution in [0.25, 0.3) is 0 Å². The Labute approximate surface area is 158 Å². The van der Waals surface area contributed by atoms with Gasteiger partial charge in [0.05, 0.1) is 17.3 Å². The lowest BCUT2D eigenvalue weighted by Gasteiger charge is -2.35. The number of carbonyl (C=O) groups excluding carboxylic acids is 1. The highest BCUT2D eigenvalue weighted by molar-refractivity contribution is 7.86. The van der Waals surface area contributed by atoms with Crippen LogP contribution in [0.1, 0.15) is 13.8 Å². The van der Waals surface area contributed by atoms with Gasteiger partial charge in [-0.25, -0.2) is 4.39 Å². The van der Waals surface area contributed by atoms with E-state index in [9.17, 15) is 17.6 Å². The first kappa shape index (κ1) is 21.0. The summed E-state index contributed by atoms with van der Waals surface area (Å²) in [6.45, 7) is 6.19. The van der Waals surface area contributed by atoms with E-state index >= 15 is 0 Å². The van der Waals surface area contributed by atoms with Gasteiger partial charge in [-0.05, 0) is 18.2 Å². The van der Waals surface area contributed by atoms with E-state index in [1.54, 1.807) is 0 Å². The summed E-state index contributed by atoms with van der Waals surface area (Å²) in [6.07, 6.45) is 0. The Morgan fingerprint density at radius 1 is 1.23 bits per heavy atom. The first-order valence-electron chi connectivity index (χ1n) is 8.50. The highest BCUT2D eigenvalue weighted by Crippen LogP contribution is 2.22. The van der Waals surface area contributed by atoms with Gasteiger partial charge in [0.25, 0.3) is 10.2 Å². The van der Waals surface area contributed by atoms with Gasteiger partial charge in [-0.2, -0.15) is 17.0 Å². The summed E-state index contributed by atoms with van der Waals surface area (Å²) < 4.78 is 40.9. The minimum absolute atomic E-state index is 0.118. The third-order valence-electron chi connectivity index (χ3n) is 4.26. The van der Waals surface area contributed by atoms with E-state index < -0.39 is 16.0 Å². The molecule has 0 aromatic heterocycles. The summed E-state index contributed by atoms with van der Waals surface area (Å²) in [7, 11) is -3.45. The van der Waals surface area contributed by atoms with Gasteiger partial charge in [0, 0.05) is 39.3 Å². The van der Waals surface area contributed by atoms with Crippen molar-refractivity contribution in [1.82, 2.24) is 13.5 Å². The zero-order chi connectivity index (χ0) is 19.3. The Balaban J connectivity index is 1.87. The van der Waals surface area contributed by atoms with E-state index in [-0.39, 0.29) is 17.5 Å². The number of hydrogen-bond acceptors (Lipinski definition) is 4. The van der Waals surface area contributed by atoms with Crippen LogP contribution >= 0.6 is 11.6 Å². The number of hydrogen-bond donors (Lipinski definition) is 1. The smallest absolute Gasteiger partial charge is 0.282 e. The van der Waals surface area contributed by atoms with Gasteiger partial charge in [0.2, 0.25) is 5.91 Å². The largest absolute Gasteiger partial charge is 0.324 e. The zero-order valence-corrected chi connectivity index (χ0v) is 16.5. The standard InChI is InChI=1S/C16H24ClFN4O3S/c1-3-21(4-2)26(24,25)22-9-7-20(8-10-22)12-16(23)19-15-6-5-13(18)11-14(15)17/h5-6,11H,3-4,7-10,12H2,1-2H3,(H,19,23). The fraction of sp³-hybridized carbons (Fsp3) is 0.562. The molecular weight excluding hydrogens is 383 g/mol. The number of anilines is 1. The molecule has 146 valence electrons. The summed E-state index contributed by atoms with van der Waals surface area (Å²) >= 11 is 5.90. The first-order chi connectivity index (χ1) is 12.3. The van der Waals surface area contributed by atoms with Crippen molar-refractivity contribution in [2.45, 2.75) is 13.8 Å². The first-order valence-corrected chi connectivity index (χ1v) is 10.3. The lowest BCUT2D eigenvalue weighted by Crippen LogP contribution is -2.54. The Hall–Kier alpha value is -1.26. The molecule has 1 aliphatic rings. The molecule has 1 aliphatic heterocycles. The van der Waals surface area contributed by atoms with Crippen molar-refractivity contribution in [3.63, 3.8) is 0 Å². The topological polar surface area (TPSA) is 73.0 Å². The molecule has 0 radical (unpaired) electrons. The summed E-state index contributed by atoms with van der Waals surface area (Å²) in [6, 6.07) is 3.76. The predicted molar refractivity (Wildman–Crippen MR) is 99.9 cm³/mol. The fourth-order valence-corrected chi connectivity index (χ4v) is 4.63. The van der Waals surface area contributed by atoms with Crippen LogP contribution in [0.4, 0.5) is 10.1 Å². The monoisotopic (exact) mass is 406 g/mol. The molecule has 0 atom stereocenters. The van der Waals surface area contributed by atoms with E-state index in [0.29, 0.717) is 45.0 Å². The Bertz CT molecular complexity index is 735. The summed E-state index contributed by atoms with van der Waals surface area (Å²) in [5.41, 5.74) is 0.348. The van der Waals surface area contributed by atoms with E-state index in [4.69, 9.17) is 11.6 Å². The maximum Gasteiger partial charge on any atom is 0.282 e. The van der Waals surface area contributed by atoms with Crippen molar-refractivity contribution in [3.05, 3.63) is 29.0 Å². The Morgan fingerprint density at radius 2 is 1.85 bits per heavy atom. The molecule has 0 saturated carbocycles. The summed E-state index contributed by atoms with van der Waals surface area (Å²) in [5, 5.41) is 2.78. The molecule has 1 N–H and O–H groups in total. The van der Waals surface area contributed by atoms with Crippen LogP contribution in [0, 0.1) is 5.82 Å². The van der Waals surface area contributed by atoms with Gasteiger partial charge in [0.1, 0.15) is 5.82 Å². The van der Waals surface area contributed by atoms with Gasteiger partial charge >= 0.3 is 0 Å². The van der Waals surface area contributed by atoms with E-state index in [2.05, 4.69) is 5.32 Å². The number of carbonyl (C=O) groups is 1. The number of nitrogens with one attached hydrogen (secondary N) is 1. The molecule has 2 rings (SSSR count). The molecule has 0 aliphatic carbocycles. The third kappa shape index (κ3) is 5.14. The predicted octanol–water partition coefficient (Wildman–Crippen LogP) is 1.62. The number of nitrogens with zero attached hydrogens (tertiary/aromatic N) is 3. The van der Waals surface area contributed by atoms with Gasteiger partial charge in [-0.15, -0.1) is 0 Å². The van der Waals surface area contributed by atoms with Crippen LogP contribution in [0.3, 0.4) is 0 Å². The zero-order valence-electron chi connectivity index (χ0n) is 14.9.